The molecular formula is C25H27N5O3. The molecule has 0 bridgehead atoms. The van der Waals surface area contributed by atoms with Crippen LogP contribution in [0.5, 0.6) is 0 Å². The summed E-state index contributed by atoms with van der Waals surface area (Å²) >= 11 is 0. The topological polar surface area (TPSA) is 97.5 Å². The van der Waals surface area contributed by atoms with Crippen molar-refractivity contribution in [1.82, 2.24) is 20.5 Å². The molecule has 8 heteroatoms. The van der Waals surface area contributed by atoms with Crippen LogP contribution in [0.25, 0.3) is 10.9 Å². The lowest BCUT2D eigenvalue weighted by Crippen LogP contribution is -2.43. The van der Waals surface area contributed by atoms with Gasteiger partial charge in [-0.2, -0.15) is 0 Å². The largest absolute Gasteiger partial charge is 0.351 e. The monoisotopic (exact) mass is 445 g/mol. The molecule has 3 heterocycles. The van der Waals surface area contributed by atoms with Crippen molar-refractivity contribution in [3.8, 4) is 0 Å². The minimum absolute atomic E-state index is 0.0388. The third-order valence-electron chi connectivity index (χ3n) is 6.39. The third-order valence-corrected chi connectivity index (χ3v) is 6.39. The molecule has 0 spiro atoms. The zero-order chi connectivity index (χ0) is 22.8. The Morgan fingerprint density at radius 3 is 2.76 bits per heavy atom. The molecule has 3 N–H and O–H groups in total. The number of nitrogens with zero attached hydrogens (tertiary/aromatic N) is 2. The van der Waals surface area contributed by atoms with Gasteiger partial charge in [-0.1, -0.05) is 24.3 Å². The lowest BCUT2D eigenvalue weighted by molar-refractivity contribution is 0.0670. The number of aromatic nitrogens is 1. The summed E-state index contributed by atoms with van der Waals surface area (Å²) in [6.07, 6.45) is 1.86. The lowest BCUT2D eigenvalue weighted by atomic mass is 9.97. The van der Waals surface area contributed by atoms with Crippen LogP contribution in [0, 0.1) is 5.92 Å². The number of aromatic amines is 1. The minimum atomic E-state index is -0.136. The summed E-state index contributed by atoms with van der Waals surface area (Å²) in [4.78, 5) is 44.4. The number of piperidine rings is 1. The Bertz CT molecular complexity index is 1170. The number of rotatable bonds is 5. The van der Waals surface area contributed by atoms with E-state index in [0.29, 0.717) is 44.0 Å². The fourth-order valence-corrected chi connectivity index (χ4v) is 4.65. The summed E-state index contributed by atoms with van der Waals surface area (Å²) in [6.45, 7) is 3.01. The van der Waals surface area contributed by atoms with Crippen molar-refractivity contribution in [3.05, 3.63) is 65.9 Å². The van der Waals surface area contributed by atoms with Crippen LogP contribution >= 0.6 is 0 Å². The van der Waals surface area contributed by atoms with Crippen LogP contribution in [-0.4, -0.2) is 60.5 Å². The van der Waals surface area contributed by atoms with Gasteiger partial charge in [0, 0.05) is 54.9 Å². The number of likely N-dealkylation sites (tertiary alicyclic amines) is 1. The van der Waals surface area contributed by atoms with Gasteiger partial charge in [0.05, 0.1) is 0 Å². The molecular weight excluding hydrogens is 418 g/mol. The standard InChI is InChI=1S/C25H27N5O3/c31-23(22-14-18-6-1-2-9-21(18)28-22)27-15-17-5-4-11-29(16-17)24(32)19-7-3-8-20(13-19)30-12-10-26-25(30)33/h1-3,6-9,13-14,17,28H,4-5,10-12,15-16H2,(H,26,33)(H,27,31)/t17-/m0/s1. The molecule has 5 rings (SSSR count). The molecule has 3 aromatic rings. The maximum Gasteiger partial charge on any atom is 0.321 e. The van der Waals surface area contributed by atoms with E-state index in [1.807, 2.05) is 47.4 Å². The number of urea groups is 1. The van der Waals surface area contributed by atoms with Crippen LogP contribution in [-0.2, 0) is 0 Å². The molecule has 170 valence electrons. The van der Waals surface area contributed by atoms with E-state index in [1.54, 1.807) is 17.0 Å². The van der Waals surface area contributed by atoms with E-state index < -0.39 is 0 Å². The Kier molecular flexibility index (Phi) is 5.73. The van der Waals surface area contributed by atoms with E-state index in [2.05, 4.69) is 15.6 Å². The second kappa shape index (κ2) is 8.97. The van der Waals surface area contributed by atoms with Crippen molar-refractivity contribution in [3.63, 3.8) is 0 Å². The van der Waals surface area contributed by atoms with Crippen molar-refractivity contribution < 1.29 is 14.4 Å². The zero-order valence-electron chi connectivity index (χ0n) is 18.3. The molecule has 0 aliphatic carbocycles. The number of nitrogens with one attached hydrogen (secondary N) is 3. The highest BCUT2D eigenvalue weighted by atomic mass is 16.2. The summed E-state index contributed by atoms with van der Waals surface area (Å²) in [5, 5.41) is 6.81. The van der Waals surface area contributed by atoms with Crippen molar-refractivity contribution in [2.45, 2.75) is 12.8 Å². The number of carbonyl (C=O) groups is 3. The van der Waals surface area contributed by atoms with Gasteiger partial charge in [-0.3, -0.25) is 14.5 Å². The first-order chi connectivity index (χ1) is 16.1. The minimum Gasteiger partial charge on any atom is -0.351 e. The van der Waals surface area contributed by atoms with E-state index in [0.717, 1.165) is 29.4 Å². The molecule has 0 saturated carbocycles. The predicted octanol–water partition coefficient (Wildman–Crippen LogP) is 2.98. The van der Waals surface area contributed by atoms with Gasteiger partial charge < -0.3 is 20.5 Å². The number of fused-ring (bicyclic) bond motifs is 1. The van der Waals surface area contributed by atoms with Gasteiger partial charge in [0.1, 0.15) is 5.69 Å². The zero-order valence-corrected chi connectivity index (χ0v) is 18.3. The molecule has 33 heavy (non-hydrogen) atoms. The number of hydrogen-bond donors (Lipinski definition) is 3. The van der Waals surface area contributed by atoms with Gasteiger partial charge in [-0.25, -0.2) is 4.79 Å². The lowest BCUT2D eigenvalue weighted by Gasteiger charge is -2.33. The quantitative estimate of drug-likeness (QED) is 0.563. The molecule has 2 saturated heterocycles. The summed E-state index contributed by atoms with van der Waals surface area (Å²) < 4.78 is 0. The van der Waals surface area contributed by atoms with Crippen LogP contribution in [0.2, 0.25) is 0 Å². The Balaban J connectivity index is 1.20. The Hall–Kier alpha value is -3.81. The maximum absolute atomic E-state index is 13.2. The molecule has 2 aliphatic heterocycles. The summed E-state index contributed by atoms with van der Waals surface area (Å²) in [7, 11) is 0. The van der Waals surface area contributed by atoms with Crippen LogP contribution in [0.4, 0.5) is 10.5 Å². The van der Waals surface area contributed by atoms with Crippen LogP contribution in [0.1, 0.15) is 33.7 Å². The van der Waals surface area contributed by atoms with E-state index in [1.165, 1.54) is 0 Å². The first-order valence-electron chi connectivity index (χ1n) is 11.4. The van der Waals surface area contributed by atoms with Crippen molar-refractivity contribution in [2.24, 2.45) is 5.92 Å². The van der Waals surface area contributed by atoms with E-state index in [4.69, 9.17) is 0 Å². The molecule has 0 unspecified atom stereocenters. The van der Waals surface area contributed by atoms with Crippen molar-refractivity contribution in [2.75, 3.05) is 37.6 Å². The molecule has 4 amide bonds. The average molecular weight is 446 g/mol. The summed E-state index contributed by atoms with van der Waals surface area (Å²) in [5.41, 5.74) is 2.79. The number of H-pyrrole nitrogens is 1. The van der Waals surface area contributed by atoms with E-state index in [-0.39, 0.29) is 23.8 Å². The van der Waals surface area contributed by atoms with Gasteiger partial charge in [-0.05, 0) is 49.1 Å². The first kappa shape index (κ1) is 21.1. The number of anilines is 1. The molecule has 0 radical (unpaired) electrons. The molecule has 1 aromatic heterocycles. The van der Waals surface area contributed by atoms with Crippen molar-refractivity contribution >= 4 is 34.4 Å². The number of benzene rings is 2. The van der Waals surface area contributed by atoms with E-state index >= 15 is 0 Å². The smallest absolute Gasteiger partial charge is 0.321 e. The summed E-state index contributed by atoms with van der Waals surface area (Å²) in [5.74, 6) is 0.0258. The fourth-order valence-electron chi connectivity index (χ4n) is 4.65. The molecule has 2 aromatic carbocycles. The normalized spacial score (nSPS) is 18.4. The van der Waals surface area contributed by atoms with Crippen LogP contribution < -0.4 is 15.5 Å². The first-order valence-corrected chi connectivity index (χ1v) is 11.4. The van der Waals surface area contributed by atoms with Gasteiger partial charge in [0.15, 0.2) is 0 Å². The number of para-hydroxylation sites is 1. The number of carbonyl (C=O) groups excluding carboxylic acids is 3. The maximum atomic E-state index is 13.2. The predicted molar refractivity (Wildman–Crippen MR) is 126 cm³/mol. The van der Waals surface area contributed by atoms with Gasteiger partial charge in [0.25, 0.3) is 11.8 Å². The highest BCUT2D eigenvalue weighted by Crippen LogP contribution is 2.22. The Labute approximate surface area is 191 Å². The number of hydrogen-bond acceptors (Lipinski definition) is 3. The van der Waals surface area contributed by atoms with E-state index in [9.17, 15) is 14.4 Å². The fraction of sp³-hybridized carbons (Fsp3) is 0.320. The third kappa shape index (κ3) is 4.41. The molecule has 1 atom stereocenters. The average Bonchev–Trinajstić information content (AvgIpc) is 3.48. The van der Waals surface area contributed by atoms with Gasteiger partial charge in [0.2, 0.25) is 0 Å². The molecule has 2 aliphatic rings. The highest BCUT2D eigenvalue weighted by molar-refractivity contribution is 5.99. The highest BCUT2D eigenvalue weighted by Gasteiger charge is 2.27. The number of amides is 4. The van der Waals surface area contributed by atoms with Crippen LogP contribution in [0.15, 0.2) is 54.6 Å². The SMILES string of the molecule is O=C(NC[C@@H]1CCCN(C(=O)c2cccc(N3CCNC3=O)c2)C1)c1cc2ccccc2[nH]1. The second-order valence-electron chi connectivity index (χ2n) is 8.67. The molecule has 2 fully saturated rings. The second-order valence-corrected chi connectivity index (χ2v) is 8.67. The van der Waals surface area contributed by atoms with Crippen LogP contribution in [0.3, 0.4) is 0 Å². The van der Waals surface area contributed by atoms with Gasteiger partial charge in [-0.15, -0.1) is 0 Å². The Morgan fingerprint density at radius 1 is 1.06 bits per heavy atom. The van der Waals surface area contributed by atoms with Gasteiger partial charge >= 0.3 is 6.03 Å². The Morgan fingerprint density at radius 2 is 1.94 bits per heavy atom. The van der Waals surface area contributed by atoms with Crippen molar-refractivity contribution in [1.29, 1.82) is 0 Å². The molecule has 8 nitrogen and oxygen atoms in total. The summed E-state index contributed by atoms with van der Waals surface area (Å²) in [6, 6.07) is 16.8.